The van der Waals surface area contributed by atoms with Crippen molar-refractivity contribution in [2.24, 2.45) is 23.0 Å². The molecule has 1 aliphatic heterocycles. The van der Waals surface area contributed by atoms with Gasteiger partial charge in [0.15, 0.2) is 0 Å². The lowest BCUT2D eigenvalue weighted by Crippen LogP contribution is -2.47. The van der Waals surface area contributed by atoms with E-state index in [9.17, 15) is 14.7 Å². The highest BCUT2D eigenvalue weighted by Gasteiger charge is 2.49. The lowest BCUT2D eigenvalue weighted by molar-refractivity contribution is -0.151. The number of carbonyl (C=O) groups is 2. The summed E-state index contributed by atoms with van der Waals surface area (Å²) in [5.74, 6) is -0.876. The van der Waals surface area contributed by atoms with Crippen LogP contribution in [0.25, 0.3) is 0 Å². The van der Waals surface area contributed by atoms with E-state index in [0.717, 1.165) is 0 Å². The van der Waals surface area contributed by atoms with Crippen molar-refractivity contribution >= 4 is 11.9 Å². The van der Waals surface area contributed by atoms with Crippen LogP contribution in [-0.4, -0.2) is 41.0 Å². The first-order valence-electron chi connectivity index (χ1n) is 6.50. The molecular weight excluding hydrogens is 232 g/mol. The average Bonchev–Trinajstić information content (AvgIpc) is 2.72. The SMILES string of the molecule is CC(C)C(N)C(=O)N1CCC(C(=O)O)(C(C)C)C1. The number of carboxylic acids is 1. The van der Waals surface area contributed by atoms with Crippen LogP contribution in [0.15, 0.2) is 0 Å². The van der Waals surface area contributed by atoms with Gasteiger partial charge in [-0.05, 0) is 18.3 Å². The molecule has 1 fully saturated rings. The van der Waals surface area contributed by atoms with Crippen molar-refractivity contribution in [1.82, 2.24) is 4.90 Å². The summed E-state index contributed by atoms with van der Waals surface area (Å²) in [5.41, 5.74) is 5.03. The number of nitrogens with zero attached hydrogens (tertiary/aromatic N) is 1. The molecule has 2 unspecified atom stereocenters. The Labute approximate surface area is 108 Å². The lowest BCUT2D eigenvalue weighted by atomic mass is 9.76. The number of amides is 1. The molecular formula is C13H24N2O3. The molecule has 104 valence electrons. The molecule has 18 heavy (non-hydrogen) atoms. The van der Waals surface area contributed by atoms with E-state index < -0.39 is 17.4 Å². The third-order valence-electron chi connectivity index (χ3n) is 4.15. The Morgan fingerprint density at radius 3 is 2.17 bits per heavy atom. The number of rotatable bonds is 4. The summed E-state index contributed by atoms with van der Waals surface area (Å²) < 4.78 is 0. The summed E-state index contributed by atoms with van der Waals surface area (Å²) >= 11 is 0. The van der Waals surface area contributed by atoms with Crippen LogP contribution in [0.4, 0.5) is 0 Å². The van der Waals surface area contributed by atoms with Crippen molar-refractivity contribution in [3.8, 4) is 0 Å². The highest BCUT2D eigenvalue weighted by molar-refractivity contribution is 5.84. The molecule has 3 N–H and O–H groups in total. The van der Waals surface area contributed by atoms with Gasteiger partial charge in [0.2, 0.25) is 5.91 Å². The van der Waals surface area contributed by atoms with Crippen LogP contribution >= 0.6 is 0 Å². The molecule has 5 heteroatoms. The number of carboxylic acid groups (broad SMARTS) is 1. The highest BCUT2D eigenvalue weighted by atomic mass is 16.4. The van der Waals surface area contributed by atoms with Gasteiger partial charge < -0.3 is 15.7 Å². The van der Waals surface area contributed by atoms with Crippen molar-refractivity contribution < 1.29 is 14.7 Å². The third kappa shape index (κ3) is 2.51. The minimum Gasteiger partial charge on any atom is -0.481 e. The molecule has 2 atom stereocenters. The van der Waals surface area contributed by atoms with Crippen molar-refractivity contribution in [2.45, 2.75) is 40.2 Å². The van der Waals surface area contributed by atoms with Gasteiger partial charge in [0.05, 0.1) is 11.5 Å². The number of hydrogen-bond acceptors (Lipinski definition) is 3. The fraction of sp³-hybridized carbons (Fsp3) is 0.846. The van der Waals surface area contributed by atoms with E-state index in [1.54, 1.807) is 4.90 Å². The number of nitrogens with two attached hydrogens (primary N) is 1. The van der Waals surface area contributed by atoms with E-state index in [1.165, 1.54) is 0 Å². The molecule has 0 spiro atoms. The van der Waals surface area contributed by atoms with E-state index >= 15 is 0 Å². The van der Waals surface area contributed by atoms with E-state index in [0.29, 0.717) is 13.0 Å². The third-order valence-corrected chi connectivity index (χ3v) is 4.15. The number of carbonyl (C=O) groups excluding carboxylic acids is 1. The van der Waals surface area contributed by atoms with Gasteiger partial charge >= 0.3 is 5.97 Å². The van der Waals surface area contributed by atoms with Crippen LogP contribution in [0.3, 0.4) is 0 Å². The first-order chi connectivity index (χ1) is 8.22. The topological polar surface area (TPSA) is 83.6 Å². The minimum absolute atomic E-state index is 0.00285. The van der Waals surface area contributed by atoms with Crippen molar-refractivity contribution in [3.63, 3.8) is 0 Å². The lowest BCUT2D eigenvalue weighted by Gasteiger charge is -2.29. The summed E-state index contributed by atoms with van der Waals surface area (Å²) in [5, 5.41) is 9.41. The fourth-order valence-corrected chi connectivity index (χ4v) is 2.41. The van der Waals surface area contributed by atoms with Crippen LogP contribution in [0, 0.1) is 17.3 Å². The quantitative estimate of drug-likeness (QED) is 0.783. The van der Waals surface area contributed by atoms with Gasteiger partial charge in [0.25, 0.3) is 0 Å². The van der Waals surface area contributed by atoms with Crippen molar-refractivity contribution in [3.05, 3.63) is 0 Å². The number of aliphatic carboxylic acids is 1. The number of likely N-dealkylation sites (tertiary alicyclic amines) is 1. The van der Waals surface area contributed by atoms with Gasteiger partial charge in [-0.15, -0.1) is 0 Å². The molecule has 1 saturated heterocycles. The first kappa shape index (κ1) is 15.0. The molecule has 0 aliphatic carbocycles. The normalized spacial score (nSPS) is 25.8. The summed E-state index contributed by atoms with van der Waals surface area (Å²) in [4.78, 5) is 25.2. The zero-order chi connectivity index (χ0) is 14.1. The summed E-state index contributed by atoms with van der Waals surface area (Å²) in [7, 11) is 0. The van der Waals surface area contributed by atoms with Crippen molar-refractivity contribution in [1.29, 1.82) is 0 Å². The molecule has 1 heterocycles. The van der Waals surface area contributed by atoms with Gasteiger partial charge in [0, 0.05) is 13.1 Å². The van der Waals surface area contributed by atoms with Gasteiger partial charge in [-0.25, -0.2) is 0 Å². The van der Waals surface area contributed by atoms with E-state index in [1.807, 2.05) is 27.7 Å². The smallest absolute Gasteiger partial charge is 0.311 e. The predicted octanol–water partition coefficient (Wildman–Crippen LogP) is 0.929. The average molecular weight is 256 g/mol. The van der Waals surface area contributed by atoms with Gasteiger partial charge in [-0.2, -0.15) is 0 Å². The van der Waals surface area contributed by atoms with Crippen molar-refractivity contribution in [2.75, 3.05) is 13.1 Å². The summed E-state index contributed by atoms with van der Waals surface area (Å²) in [6.45, 7) is 8.34. The maximum absolute atomic E-state index is 12.1. The summed E-state index contributed by atoms with van der Waals surface area (Å²) in [6, 6.07) is -0.540. The molecule has 1 amide bonds. The molecule has 0 bridgehead atoms. The first-order valence-corrected chi connectivity index (χ1v) is 6.50. The van der Waals surface area contributed by atoms with Crippen LogP contribution in [0.5, 0.6) is 0 Å². The Morgan fingerprint density at radius 2 is 1.83 bits per heavy atom. The zero-order valence-electron chi connectivity index (χ0n) is 11.6. The van der Waals surface area contributed by atoms with Crippen LogP contribution in [0.1, 0.15) is 34.1 Å². The molecule has 5 nitrogen and oxygen atoms in total. The largest absolute Gasteiger partial charge is 0.481 e. The molecule has 0 aromatic rings. The maximum atomic E-state index is 12.1. The second-order valence-electron chi connectivity index (χ2n) is 5.90. The maximum Gasteiger partial charge on any atom is 0.311 e. The molecule has 1 aliphatic rings. The zero-order valence-corrected chi connectivity index (χ0v) is 11.6. The molecule has 1 rings (SSSR count). The minimum atomic E-state index is -0.814. The summed E-state index contributed by atoms with van der Waals surface area (Å²) in [6.07, 6.45) is 0.510. The Kier molecular flexibility index (Phi) is 4.37. The fourth-order valence-electron chi connectivity index (χ4n) is 2.41. The van der Waals surface area contributed by atoms with Crippen LogP contribution in [-0.2, 0) is 9.59 Å². The van der Waals surface area contributed by atoms with Crippen LogP contribution in [0.2, 0.25) is 0 Å². The number of hydrogen-bond donors (Lipinski definition) is 2. The van der Waals surface area contributed by atoms with Gasteiger partial charge in [-0.3, -0.25) is 9.59 Å². The molecule has 0 radical (unpaired) electrons. The van der Waals surface area contributed by atoms with E-state index in [4.69, 9.17) is 5.73 Å². The second kappa shape index (κ2) is 5.26. The molecule has 0 saturated carbocycles. The van der Waals surface area contributed by atoms with Gasteiger partial charge in [-0.1, -0.05) is 27.7 Å². The molecule has 0 aromatic heterocycles. The monoisotopic (exact) mass is 256 g/mol. The Bertz CT molecular complexity index is 341. The van der Waals surface area contributed by atoms with E-state index in [-0.39, 0.29) is 24.3 Å². The Balaban J connectivity index is 2.82. The van der Waals surface area contributed by atoms with E-state index in [2.05, 4.69) is 0 Å². The molecule has 0 aromatic carbocycles. The Hall–Kier alpha value is -1.10. The highest BCUT2D eigenvalue weighted by Crippen LogP contribution is 2.38. The standard InChI is InChI=1S/C13H24N2O3/c1-8(2)10(14)11(16)15-6-5-13(7-15,9(3)4)12(17)18/h8-10H,5-7,14H2,1-4H3,(H,17,18). The van der Waals surface area contributed by atoms with Gasteiger partial charge in [0.1, 0.15) is 0 Å². The predicted molar refractivity (Wildman–Crippen MR) is 68.9 cm³/mol. The van der Waals surface area contributed by atoms with Crippen LogP contribution < -0.4 is 5.73 Å². The second-order valence-corrected chi connectivity index (χ2v) is 5.90. The Morgan fingerprint density at radius 1 is 1.28 bits per heavy atom.